The predicted octanol–water partition coefficient (Wildman–Crippen LogP) is -0.581. The second-order valence-electron chi connectivity index (χ2n) is 2.13. The summed E-state index contributed by atoms with van der Waals surface area (Å²) in [4.78, 5) is 3.70. The Morgan fingerprint density at radius 2 is 2.31 bits per heavy atom. The minimum absolute atomic E-state index is 0.0841. The number of hydrogen-bond acceptors (Lipinski definition) is 5. The van der Waals surface area contributed by atoms with E-state index in [1.807, 2.05) is 0 Å². The van der Waals surface area contributed by atoms with Crippen molar-refractivity contribution in [3.63, 3.8) is 0 Å². The Morgan fingerprint density at radius 3 is 2.69 bits per heavy atom. The number of hydrogen-bond donors (Lipinski definition) is 3. The van der Waals surface area contributed by atoms with Crippen LogP contribution in [0.25, 0.3) is 0 Å². The Labute approximate surface area is 77.4 Å². The van der Waals surface area contributed by atoms with Gasteiger partial charge in [-0.15, -0.1) is 0 Å². The molecule has 0 saturated heterocycles. The fourth-order valence-corrected chi connectivity index (χ4v) is 0.546. The lowest BCUT2D eigenvalue weighted by atomic mass is 9.81. The molecule has 5 nitrogen and oxygen atoms in total. The predicted molar refractivity (Wildman–Crippen MR) is 51.7 cm³/mol. The number of rotatable bonds is 5. The lowest BCUT2D eigenvalue weighted by Crippen LogP contribution is -2.17. The smallest absolute Gasteiger partial charge is 0.478 e. The second-order valence-corrected chi connectivity index (χ2v) is 2.13. The van der Waals surface area contributed by atoms with Crippen molar-refractivity contribution in [2.45, 2.75) is 6.92 Å². The number of nitrogens with two attached hydrogens (primary N) is 1. The quantitative estimate of drug-likeness (QED) is 0.303. The molecule has 0 atom stereocenters. The summed E-state index contributed by atoms with van der Waals surface area (Å²) in [6.45, 7) is 5.71. The van der Waals surface area contributed by atoms with E-state index in [1.165, 1.54) is 6.21 Å². The maximum atomic E-state index is 8.70. The van der Waals surface area contributed by atoms with Crippen molar-refractivity contribution in [1.29, 1.82) is 0 Å². The van der Waals surface area contributed by atoms with Gasteiger partial charge in [-0.3, -0.25) is 0 Å². The molecule has 0 aromatic carbocycles. The normalized spacial score (nSPS) is 11.8. The fraction of sp³-hybridized carbons (Fsp3) is 0.286. The monoisotopic (exact) mass is 184 g/mol. The summed E-state index contributed by atoms with van der Waals surface area (Å²) in [5.41, 5.74) is 5.17. The molecule has 0 bridgehead atoms. The highest BCUT2D eigenvalue weighted by atomic mass is 16.5. The Bertz CT molecular complexity index is 226. The molecule has 0 aliphatic rings. The first-order chi connectivity index (χ1) is 6.11. The van der Waals surface area contributed by atoms with E-state index in [0.29, 0.717) is 6.61 Å². The van der Waals surface area contributed by atoms with Gasteiger partial charge in [0.2, 0.25) is 5.88 Å². The van der Waals surface area contributed by atoms with Crippen molar-refractivity contribution in [3.05, 3.63) is 24.1 Å². The molecule has 0 saturated carbocycles. The van der Waals surface area contributed by atoms with Crippen LogP contribution in [0.5, 0.6) is 0 Å². The van der Waals surface area contributed by atoms with Crippen molar-refractivity contribution >= 4 is 13.3 Å². The first-order valence-electron chi connectivity index (χ1n) is 3.75. The van der Waals surface area contributed by atoms with Crippen LogP contribution < -0.4 is 5.73 Å². The van der Waals surface area contributed by atoms with E-state index in [0.717, 1.165) is 6.20 Å². The Morgan fingerprint density at radius 1 is 1.69 bits per heavy atom. The van der Waals surface area contributed by atoms with E-state index in [1.54, 1.807) is 6.92 Å². The minimum atomic E-state index is -1.64. The molecule has 0 amide bonds. The molecule has 0 fully saturated rings. The average molecular weight is 184 g/mol. The molecule has 0 aromatic rings. The number of nitrogens with zero attached hydrogens (tertiary/aromatic N) is 1. The molecule has 0 unspecified atom stereocenters. The number of aliphatic imine (C=N–C) groups is 1. The van der Waals surface area contributed by atoms with Crippen LogP contribution in [0.3, 0.4) is 0 Å². The van der Waals surface area contributed by atoms with Crippen molar-refractivity contribution < 1.29 is 14.8 Å². The molecule has 0 aromatic heterocycles. The molecule has 13 heavy (non-hydrogen) atoms. The van der Waals surface area contributed by atoms with Crippen molar-refractivity contribution in [2.24, 2.45) is 10.7 Å². The molecule has 6 heteroatoms. The summed E-state index contributed by atoms with van der Waals surface area (Å²) >= 11 is 0. The largest absolute Gasteiger partial charge is 0.491 e. The molecular weight excluding hydrogens is 171 g/mol. The summed E-state index contributed by atoms with van der Waals surface area (Å²) in [6.07, 6.45) is 2.23. The summed E-state index contributed by atoms with van der Waals surface area (Å²) in [5.74, 6) is 0.197. The maximum Gasteiger partial charge on any atom is 0.491 e. The maximum absolute atomic E-state index is 8.70. The highest BCUT2D eigenvalue weighted by Crippen LogP contribution is 1.96. The van der Waals surface area contributed by atoms with Gasteiger partial charge in [0.25, 0.3) is 0 Å². The fourth-order valence-electron chi connectivity index (χ4n) is 0.546. The summed E-state index contributed by atoms with van der Waals surface area (Å²) in [7, 11) is -1.64. The van der Waals surface area contributed by atoms with Gasteiger partial charge in [0, 0.05) is 11.7 Å². The van der Waals surface area contributed by atoms with Gasteiger partial charge in [0.1, 0.15) is 0 Å². The third kappa shape index (κ3) is 5.05. The summed E-state index contributed by atoms with van der Waals surface area (Å²) in [5, 5.41) is 17.4. The van der Waals surface area contributed by atoms with Gasteiger partial charge in [0.05, 0.1) is 6.61 Å². The molecule has 0 aliphatic carbocycles. The molecule has 72 valence electrons. The van der Waals surface area contributed by atoms with Gasteiger partial charge in [-0.25, -0.2) is 4.99 Å². The molecule has 0 radical (unpaired) electrons. The first-order valence-corrected chi connectivity index (χ1v) is 3.75. The van der Waals surface area contributed by atoms with Gasteiger partial charge in [-0.2, -0.15) is 0 Å². The third-order valence-electron chi connectivity index (χ3n) is 1.16. The van der Waals surface area contributed by atoms with Crippen LogP contribution in [0.2, 0.25) is 0 Å². The number of allylic oxidation sites excluding steroid dienone is 1. The van der Waals surface area contributed by atoms with Crippen LogP contribution in [-0.2, 0) is 4.74 Å². The van der Waals surface area contributed by atoms with Gasteiger partial charge in [-0.05, 0) is 19.7 Å². The van der Waals surface area contributed by atoms with Gasteiger partial charge < -0.3 is 20.5 Å². The third-order valence-corrected chi connectivity index (χ3v) is 1.16. The van der Waals surface area contributed by atoms with Gasteiger partial charge in [0.15, 0.2) is 0 Å². The van der Waals surface area contributed by atoms with Crippen LogP contribution in [0.15, 0.2) is 29.1 Å². The van der Waals surface area contributed by atoms with Gasteiger partial charge in [-0.1, -0.05) is 0 Å². The standard InChI is InChI=1S/C7H13BN2O3/c1-3-13-6(2)10-5-7(4-9)8(11)12/h4-5,11-12H,2-3,9H2,1H3/b7-4+,10-5?. The highest BCUT2D eigenvalue weighted by molar-refractivity contribution is 6.56. The molecule has 0 heterocycles. The van der Waals surface area contributed by atoms with Crippen LogP contribution in [0, 0.1) is 0 Å². The molecule has 0 spiro atoms. The zero-order chi connectivity index (χ0) is 10.3. The average Bonchev–Trinajstić information content (AvgIpc) is 2.05. The number of ether oxygens (including phenoxy) is 1. The van der Waals surface area contributed by atoms with Crippen LogP contribution >= 0.6 is 0 Å². The summed E-state index contributed by atoms with van der Waals surface area (Å²) < 4.78 is 4.89. The van der Waals surface area contributed by atoms with Crippen LogP contribution in [0.1, 0.15) is 6.92 Å². The zero-order valence-electron chi connectivity index (χ0n) is 7.47. The van der Waals surface area contributed by atoms with Crippen molar-refractivity contribution in [1.82, 2.24) is 0 Å². The van der Waals surface area contributed by atoms with Crippen molar-refractivity contribution in [2.75, 3.05) is 6.61 Å². The second kappa shape index (κ2) is 6.27. The van der Waals surface area contributed by atoms with E-state index in [4.69, 9.17) is 20.5 Å². The lowest BCUT2D eigenvalue weighted by molar-refractivity contribution is 0.229. The van der Waals surface area contributed by atoms with E-state index >= 15 is 0 Å². The molecule has 0 aliphatic heterocycles. The van der Waals surface area contributed by atoms with E-state index in [-0.39, 0.29) is 11.4 Å². The Balaban J connectivity index is 4.16. The topological polar surface area (TPSA) is 88.1 Å². The van der Waals surface area contributed by atoms with E-state index in [2.05, 4.69) is 11.6 Å². The van der Waals surface area contributed by atoms with Crippen molar-refractivity contribution in [3.8, 4) is 0 Å². The van der Waals surface area contributed by atoms with Gasteiger partial charge >= 0.3 is 7.12 Å². The lowest BCUT2D eigenvalue weighted by Gasteiger charge is -2.00. The summed E-state index contributed by atoms with van der Waals surface area (Å²) in [6, 6.07) is 0. The molecule has 0 rings (SSSR count). The minimum Gasteiger partial charge on any atom is -0.478 e. The highest BCUT2D eigenvalue weighted by Gasteiger charge is 2.11. The zero-order valence-corrected chi connectivity index (χ0v) is 7.47. The van der Waals surface area contributed by atoms with E-state index in [9.17, 15) is 0 Å². The Kier molecular flexibility index (Phi) is 5.66. The molecule has 4 N–H and O–H groups in total. The van der Waals surface area contributed by atoms with Crippen LogP contribution in [0.4, 0.5) is 0 Å². The Hall–Kier alpha value is -1.27. The SMILES string of the molecule is C=C(N=C/C(=C\N)B(O)O)OCC. The van der Waals surface area contributed by atoms with E-state index < -0.39 is 7.12 Å². The van der Waals surface area contributed by atoms with Crippen LogP contribution in [-0.4, -0.2) is 30.0 Å². The molecular formula is C7H13BN2O3. The first kappa shape index (κ1) is 11.7.